The third-order valence-electron chi connectivity index (χ3n) is 3.99. The average molecular weight is 489 g/mol. The fourth-order valence-electron chi connectivity index (χ4n) is 2.62. The molecule has 0 saturated carbocycles. The topological polar surface area (TPSA) is 86.1 Å². The minimum Gasteiger partial charge on any atom is -0.459 e. The van der Waals surface area contributed by atoms with Crippen LogP contribution >= 0.6 is 27.7 Å². The van der Waals surface area contributed by atoms with Gasteiger partial charge in [-0.3, -0.25) is 4.79 Å². The lowest BCUT2D eigenvalue weighted by atomic mass is 10.2. The minimum atomic E-state index is -0.421. The molecule has 2 aromatic carbocycles. The Bertz CT molecular complexity index is 1050. The summed E-state index contributed by atoms with van der Waals surface area (Å²) in [5.74, 6) is 0.256. The summed E-state index contributed by atoms with van der Waals surface area (Å²) in [6.45, 7) is 3.57. The molecular formula is C21H21BrN4O3S. The quantitative estimate of drug-likeness (QED) is 0.388. The lowest BCUT2D eigenvalue weighted by molar-refractivity contribution is -0.113. The molecule has 0 fully saturated rings. The molecule has 0 atom stereocenters. The van der Waals surface area contributed by atoms with Crippen molar-refractivity contribution in [3.05, 3.63) is 58.6 Å². The van der Waals surface area contributed by atoms with Crippen LogP contribution in [-0.2, 0) is 16.6 Å². The van der Waals surface area contributed by atoms with Gasteiger partial charge in [-0.25, -0.2) is 4.79 Å². The van der Waals surface area contributed by atoms with Gasteiger partial charge in [-0.2, -0.15) is 0 Å². The van der Waals surface area contributed by atoms with E-state index in [0.29, 0.717) is 16.4 Å². The number of anilines is 1. The number of nitrogens with zero attached hydrogens (tertiary/aromatic N) is 3. The lowest BCUT2D eigenvalue weighted by Gasteiger charge is -2.10. The van der Waals surface area contributed by atoms with Crippen molar-refractivity contribution >= 4 is 45.3 Å². The number of esters is 1. The zero-order valence-corrected chi connectivity index (χ0v) is 19.2. The number of hydrogen-bond acceptors (Lipinski definition) is 6. The van der Waals surface area contributed by atoms with Gasteiger partial charge in [0.1, 0.15) is 0 Å². The SMILES string of the molecule is CC(C)OC(=O)c1cccc(NC(=O)CSc2nnc(-c3ccc(Br)cc3)n2C)c1. The maximum atomic E-state index is 12.4. The number of halogens is 1. The van der Waals surface area contributed by atoms with Crippen molar-refractivity contribution in [2.75, 3.05) is 11.1 Å². The number of carbonyl (C=O) groups excluding carboxylic acids is 2. The van der Waals surface area contributed by atoms with Crippen molar-refractivity contribution in [1.82, 2.24) is 14.8 Å². The summed E-state index contributed by atoms with van der Waals surface area (Å²) in [5.41, 5.74) is 1.86. The van der Waals surface area contributed by atoms with Gasteiger partial charge in [0.05, 0.1) is 17.4 Å². The summed E-state index contributed by atoms with van der Waals surface area (Å²) in [5, 5.41) is 11.8. The summed E-state index contributed by atoms with van der Waals surface area (Å²) in [4.78, 5) is 24.4. The lowest BCUT2D eigenvalue weighted by Crippen LogP contribution is -2.16. The molecule has 0 aliphatic rings. The van der Waals surface area contributed by atoms with Gasteiger partial charge in [-0.15, -0.1) is 10.2 Å². The smallest absolute Gasteiger partial charge is 0.338 e. The predicted octanol–water partition coefficient (Wildman–Crippen LogP) is 4.54. The summed E-state index contributed by atoms with van der Waals surface area (Å²) >= 11 is 4.70. The fourth-order valence-corrected chi connectivity index (χ4v) is 3.60. The zero-order valence-electron chi connectivity index (χ0n) is 16.8. The molecule has 0 radical (unpaired) electrons. The highest BCUT2D eigenvalue weighted by atomic mass is 79.9. The number of hydrogen-bond donors (Lipinski definition) is 1. The van der Waals surface area contributed by atoms with E-state index < -0.39 is 5.97 Å². The number of nitrogens with one attached hydrogen (secondary N) is 1. The summed E-state index contributed by atoms with van der Waals surface area (Å²) in [7, 11) is 1.86. The van der Waals surface area contributed by atoms with E-state index in [-0.39, 0.29) is 17.8 Å². The van der Waals surface area contributed by atoms with Gasteiger partial charge in [-0.1, -0.05) is 45.9 Å². The van der Waals surface area contributed by atoms with Crippen LogP contribution < -0.4 is 5.32 Å². The van der Waals surface area contributed by atoms with E-state index in [1.807, 2.05) is 35.9 Å². The number of benzene rings is 2. The van der Waals surface area contributed by atoms with E-state index in [1.165, 1.54) is 11.8 Å². The van der Waals surface area contributed by atoms with Gasteiger partial charge in [0.25, 0.3) is 0 Å². The summed E-state index contributed by atoms with van der Waals surface area (Å²) < 4.78 is 8.02. The third kappa shape index (κ3) is 5.70. The van der Waals surface area contributed by atoms with Crippen LogP contribution in [0, 0.1) is 0 Å². The first kappa shape index (κ1) is 22.0. The minimum absolute atomic E-state index is 0.160. The number of thioether (sulfide) groups is 1. The molecule has 1 heterocycles. The number of carbonyl (C=O) groups is 2. The standard InChI is InChI=1S/C21H21BrN4O3S/c1-13(2)29-20(28)15-5-4-6-17(11-15)23-18(27)12-30-21-25-24-19(26(21)3)14-7-9-16(22)10-8-14/h4-11,13H,12H2,1-3H3,(H,23,27). The molecule has 1 N–H and O–H groups in total. The first-order valence-electron chi connectivity index (χ1n) is 9.22. The van der Waals surface area contributed by atoms with Crippen molar-refractivity contribution in [3.8, 4) is 11.4 Å². The molecule has 0 aliphatic carbocycles. The second-order valence-electron chi connectivity index (χ2n) is 6.74. The van der Waals surface area contributed by atoms with Gasteiger partial charge in [0.15, 0.2) is 11.0 Å². The van der Waals surface area contributed by atoms with E-state index in [1.54, 1.807) is 38.1 Å². The first-order valence-corrected chi connectivity index (χ1v) is 11.0. The van der Waals surface area contributed by atoms with Crippen LogP contribution in [0.2, 0.25) is 0 Å². The first-order chi connectivity index (χ1) is 14.3. The van der Waals surface area contributed by atoms with Gasteiger partial charge >= 0.3 is 5.97 Å². The molecule has 3 aromatic rings. The molecular weight excluding hydrogens is 468 g/mol. The van der Waals surface area contributed by atoms with Crippen LogP contribution in [0.4, 0.5) is 5.69 Å². The highest BCUT2D eigenvalue weighted by molar-refractivity contribution is 9.10. The molecule has 7 nitrogen and oxygen atoms in total. The Balaban J connectivity index is 1.60. The molecule has 1 amide bonds. The zero-order chi connectivity index (χ0) is 21.7. The Morgan fingerprint density at radius 2 is 1.90 bits per heavy atom. The molecule has 0 spiro atoms. The summed E-state index contributed by atoms with van der Waals surface area (Å²) in [6.07, 6.45) is -0.208. The van der Waals surface area contributed by atoms with Crippen molar-refractivity contribution in [2.24, 2.45) is 7.05 Å². The highest BCUT2D eigenvalue weighted by Gasteiger charge is 2.14. The second-order valence-corrected chi connectivity index (χ2v) is 8.60. The number of rotatable bonds is 7. The van der Waals surface area contributed by atoms with Crippen molar-refractivity contribution in [1.29, 1.82) is 0 Å². The Morgan fingerprint density at radius 3 is 2.60 bits per heavy atom. The highest BCUT2D eigenvalue weighted by Crippen LogP contribution is 2.24. The molecule has 0 unspecified atom stereocenters. The molecule has 0 bridgehead atoms. The molecule has 0 aliphatic heterocycles. The molecule has 0 saturated heterocycles. The third-order valence-corrected chi connectivity index (χ3v) is 5.54. The average Bonchev–Trinajstić information content (AvgIpc) is 3.07. The van der Waals surface area contributed by atoms with Crippen LogP contribution in [0.3, 0.4) is 0 Å². The maximum Gasteiger partial charge on any atom is 0.338 e. The largest absolute Gasteiger partial charge is 0.459 e. The Labute approximate surface area is 187 Å². The summed E-state index contributed by atoms with van der Waals surface area (Å²) in [6, 6.07) is 14.5. The van der Waals surface area contributed by atoms with Gasteiger partial charge in [0, 0.05) is 22.8 Å². The molecule has 30 heavy (non-hydrogen) atoms. The Morgan fingerprint density at radius 1 is 1.17 bits per heavy atom. The molecule has 1 aromatic heterocycles. The van der Waals surface area contributed by atoms with Crippen molar-refractivity contribution in [3.63, 3.8) is 0 Å². The van der Waals surface area contributed by atoms with Crippen molar-refractivity contribution in [2.45, 2.75) is 25.1 Å². The van der Waals surface area contributed by atoms with Crippen LogP contribution in [0.5, 0.6) is 0 Å². The van der Waals surface area contributed by atoms with Crippen molar-refractivity contribution < 1.29 is 14.3 Å². The second kappa shape index (κ2) is 9.90. The number of amides is 1. The molecule has 3 rings (SSSR count). The van der Waals surface area contributed by atoms with Gasteiger partial charge in [-0.05, 0) is 44.2 Å². The normalized spacial score (nSPS) is 10.8. The fraction of sp³-hybridized carbons (Fsp3) is 0.238. The van der Waals surface area contributed by atoms with Gasteiger partial charge < -0.3 is 14.6 Å². The van der Waals surface area contributed by atoms with E-state index in [9.17, 15) is 9.59 Å². The van der Waals surface area contributed by atoms with Crippen LogP contribution in [0.25, 0.3) is 11.4 Å². The van der Waals surface area contributed by atoms with Gasteiger partial charge in [0.2, 0.25) is 5.91 Å². The number of ether oxygens (including phenoxy) is 1. The maximum absolute atomic E-state index is 12.4. The van der Waals surface area contributed by atoms with E-state index in [4.69, 9.17) is 4.74 Å². The van der Waals surface area contributed by atoms with E-state index in [0.717, 1.165) is 15.9 Å². The monoisotopic (exact) mass is 488 g/mol. The number of aromatic nitrogens is 3. The Hall–Kier alpha value is -2.65. The van der Waals surface area contributed by atoms with Crippen LogP contribution in [0.15, 0.2) is 58.2 Å². The van der Waals surface area contributed by atoms with Crippen LogP contribution in [0.1, 0.15) is 24.2 Å². The van der Waals surface area contributed by atoms with E-state index in [2.05, 4.69) is 31.4 Å². The van der Waals surface area contributed by atoms with Crippen LogP contribution in [-0.4, -0.2) is 38.5 Å². The Kier molecular flexibility index (Phi) is 7.28. The van der Waals surface area contributed by atoms with E-state index >= 15 is 0 Å². The molecule has 9 heteroatoms. The molecule has 156 valence electrons. The predicted molar refractivity (Wildman–Crippen MR) is 120 cm³/mol.